The van der Waals surface area contributed by atoms with Gasteiger partial charge in [-0.15, -0.1) is 0 Å². The van der Waals surface area contributed by atoms with E-state index in [-0.39, 0.29) is 0 Å². The van der Waals surface area contributed by atoms with Crippen molar-refractivity contribution >= 4 is 0 Å². The van der Waals surface area contributed by atoms with Crippen LogP contribution in [0.3, 0.4) is 0 Å². The summed E-state index contributed by atoms with van der Waals surface area (Å²) in [5, 5.41) is 0. The molecule has 0 saturated carbocycles. The van der Waals surface area contributed by atoms with E-state index in [2.05, 4.69) is 48.6 Å². The lowest BCUT2D eigenvalue weighted by atomic mass is 10.2. The molecule has 0 aliphatic heterocycles. The predicted octanol–water partition coefficient (Wildman–Crippen LogP) is 4.37. The van der Waals surface area contributed by atoms with Gasteiger partial charge in [-0.05, 0) is 44.6 Å². The smallest absolute Gasteiger partial charge is 0.00978 e. The fourth-order valence-electron chi connectivity index (χ4n) is 1.34. The Kier molecular flexibility index (Phi) is 6.74. The Morgan fingerprint density at radius 2 is 1.21 bits per heavy atom. The standard InChI is InChI=1S/C14H19/c1-2-4-6-8-10-12-14-13-11-9-7-5-3-1/h1-2,5,8,10-11,13H,3-4,6,9,12,14H2/b2-1-,7-5?,10-8+,13-11+. The molecule has 1 aliphatic rings. The molecule has 14 heavy (non-hydrogen) atoms. The molecule has 0 amide bonds. The first kappa shape index (κ1) is 11.0. The van der Waals surface area contributed by atoms with Crippen LogP contribution >= 0.6 is 0 Å². The van der Waals surface area contributed by atoms with Crippen LogP contribution in [0.2, 0.25) is 0 Å². The quantitative estimate of drug-likeness (QED) is 0.494. The first-order valence-electron chi connectivity index (χ1n) is 5.50. The molecule has 0 bridgehead atoms. The van der Waals surface area contributed by atoms with E-state index >= 15 is 0 Å². The van der Waals surface area contributed by atoms with Crippen molar-refractivity contribution in [3.8, 4) is 0 Å². The second-order valence-corrected chi connectivity index (χ2v) is 3.42. The minimum Gasteiger partial charge on any atom is -0.0882 e. The van der Waals surface area contributed by atoms with Crippen molar-refractivity contribution in [2.45, 2.75) is 38.5 Å². The summed E-state index contributed by atoms with van der Waals surface area (Å²) in [5.74, 6) is 0. The normalized spacial score (nSPS) is 28.6. The Morgan fingerprint density at radius 1 is 0.643 bits per heavy atom. The summed E-state index contributed by atoms with van der Waals surface area (Å²) < 4.78 is 0. The van der Waals surface area contributed by atoms with E-state index < -0.39 is 0 Å². The van der Waals surface area contributed by atoms with Crippen LogP contribution in [0.4, 0.5) is 0 Å². The largest absolute Gasteiger partial charge is 0.0882 e. The minimum absolute atomic E-state index is 0.956. The highest BCUT2D eigenvalue weighted by molar-refractivity contribution is 4.96. The van der Waals surface area contributed by atoms with Gasteiger partial charge in [0.15, 0.2) is 0 Å². The van der Waals surface area contributed by atoms with Crippen LogP contribution in [-0.4, -0.2) is 0 Å². The molecule has 1 radical (unpaired) electrons. The van der Waals surface area contributed by atoms with Crippen LogP contribution in [0, 0.1) is 6.08 Å². The zero-order chi connectivity index (χ0) is 9.90. The number of hydrogen-bond acceptors (Lipinski definition) is 0. The fraction of sp³-hybridized carbons (Fsp3) is 0.429. The minimum atomic E-state index is 0.956. The summed E-state index contributed by atoms with van der Waals surface area (Å²) in [6.07, 6.45) is 25.5. The van der Waals surface area contributed by atoms with Crippen molar-refractivity contribution < 1.29 is 0 Å². The van der Waals surface area contributed by atoms with E-state index in [0.29, 0.717) is 0 Å². The fourth-order valence-corrected chi connectivity index (χ4v) is 1.34. The number of hydrogen-bond donors (Lipinski definition) is 0. The highest BCUT2D eigenvalue weighted by atomic mass is 13.9. The van der Waals surface area contributed by atoms with E-state index in [1.54, 1.807) is 0 Å². The molecule has 0 unspecified atom stereocenters. The third-order valence-corrected chi connectivity index (χ3v) is 2.13. The third-order valence-electron chi connectivity index (χ3n) is 2.13. The van der Waals surface area contributed by atoms with Crippen molar-refractivity contribution in [2.75, 3.05) is 0 Å². The van der Waals surface area contributed by atoms with Crippen molar-refractivity contribution in [3.63, 3.8) is 0 Å². The molecule has 0 fully saturated rings. The van der Waals surface area contributed by atoms with Crippen molar-refractivity contribution in [3.05, 3.63) is 48.6 Å². The molecular weight excluding hydrogens is 168 g/mol. The summed E-state index contributed by atoms with van der Waals surface area (Å²) in [4.78, 5) is 0. The Hall–Kier alpha value is -1.04. The lowest BCUT2D eigenvalue weighted by Crippen LogP contribution is -1.70. The van der Waals surface area contributed by atoms with Gasteiger partial charge in [0, 0.05) is 0 Å². The monoisotopic (exact) mass is 187 g/mol. The summed E-state index contributed by atoms with van der Waals surface area (Å²) in [6, 6.07) is 0. The maximum atomic E-state index is 3.26. The predicted molar refractivity (Wildman–Crippen MR) is 62.9 cm³/mol. The molecule has 0 heterocycles. The molecule has 0 aromatic heterocycles. The van der Waals surface area contributed by atoms with Gasteiger partial charge in [-0.3, -0.25) is 0 Å². The highest BCUT2D eigenvalue weighted by Crippen LogP contribution is 2.00. The molecule has 0 spiro atoms. The van der Waals surface area contributed by atoms with Gasteiger partial charge in [0.25, 0.3) is 0 Å². The summed E-state index contributed by atoms with van der Waals surface area (Å²) in [5.41, 5.74) is 0. The Balaban J connectivity index is 2.34. The van der Waals surface area contributed by atoms with Crippen LogP contribution in [0.15, 0.2) is 42.5 Å². The molecule has 0 aromatic carbocycles. The molecule has 0 nitrogen and oxygen atoms in total. The molecule has 0 N–H and O–H groups in total. The first-order valence-corrected chi connectivity index (χ1v) is 5.50. The Morgan fingerprint density at radius 3 is 1.93 bits per heavy atom. The van der Waals surface area contributed by atoms with Gasteiger partial charge in [-0.2, -0.15) is 0 Å². The topological polar surface area (TPSA) is 0 Å². The van der Waals surface area contributed by atoms with Gasteiger partial charge in [0.1, 0.15) is 0 Å². The number of rotatable bonds is 0. The average Bonchev–Trinajstić information content (AvgIpc) is 2.22. The van der Waals surface area contributed by atoms with Gasteiger partial charge >= 0.3 is 0 Å². The molecule has 0 heteroatoms. The molecule has 75 valence electrons. The zero-order valence-electron chi connectivity index (χ0n) is 8.78. The van der Waals surface area contributed by atoms with E-state index in [1.165, 1.54) is 19.3 Å². The first-order chi connectivity index (χ1) is 7.00. The Bertz CT molecular complexity index is 204. The van der Waals surface area contributed by atoms with Crippen LogP contribution in [0.1, 0.15) is 38.5 Å². The summed E-state index contributed by atoms with van der Waals surface area (Å²) in [7, 11) is 0. The van der Waals surface area contributed by atoms with E-state index in [0.717, 1.165) is 19.3 Å². The second kappa shape index (κ2) is 8.55. The molecule has 0 atom stereocenters. The van der Waals surface area contributed by atoms with Crippen molar-refractivity contribution in [1.82, 2.24) is 0 Å². The maximum absolute atomic E-state index is 3.26. The van der Waals surface area contributed by atoms with Crippen molar-refractivity contribution in [2.24, 2.45) is 0 Å². The number of allylic oxidation sites excluding steroid dienone is 8. The molecule has 1 aliphatic carbocycles. The third kappa shape index (κ3) is 6.47. The van der Waals surface area contributed by atoms with Crippen LogP contribution in [-0.2, 0) is 0 Å². The van der Waals surface area contributed by atoms with E-state index in [9.17, 15) is 0 Å². The average molecular weight is 187 g/mol. The maximum Gasteiger partial charge on any atom is -0.00978 e. The summed E-state index contributed by atoms with van der Waals surface area (Å²) in [6.45, 7) is 0. The molecule has 0 saturated heterocycles. The molecule has 1 rings (SSSR count). The lowest BCUT2D eigenvalue weighted by molar-refractivity contribution is 0.996. The summed E-state index contributed by atoms with van der Waals surface area (Å²) >= 11 is 0. The SMILES string of the molecule is [C]1=C/C/C=C\CC/C=C/CC/C=C/C/1. The van der Waals surface area contributed by atoms with Gasteiger partial charge < -0.3 is 0 Å². The van der Waals surface area contributed by atoms with Crippen molar-refractivity contribution in [1.29, 1.82) is 0 Å². The van der Waals surface area contributed by atoms with Crippen LogP contribution in [0.25, 0.3) is 0 Å². The molecule has 0 aromatic rings. The highest BCUT2D eigenvalue weighted by Gasteiger charge is 1.80. The van der Waals surface area contributed by atoms with Gasteiger partial charge in [-0.25, -0.2) is 0 Å². The van der Waals surface area contributed by atoms with Gasteiger partial charge in [0.05, 0.1) is 0 Å². The van der Waals surface area contributed by atoms with Gasteiger partial charge in [-0.1, -0.05) is 42.5 Å². The van der Waals surface area contributed by atoms with Gasteiger partial charge in [0.2, 0.25) is 0 Å². The Labute approximate surface area is 87.7 Å². The lowest BCUT2D eigenvalue weighted by Gasteiger charge is -1.90. The van der Waals surface area contributed by atoms with Crippen LogP contribution < -0.4 is 0 Å². The van der Waals surface area contributed by atoms with Crippen LogP contribution in [0.5, 0.6) is 0 Å². The molecular formula is C14H19. The zero-order valence-corrected chi connectivity index (χ0v) is 8.78. The van der Waals surface area contributed by atoms with E-state index in [1.807, 2.05) is 0 Å². The second-order valence-electron chi connectivity index (χ2n) is 3.42. The van der Waals surface area contributed by atoms with E-state index in [4.69, 9.17) is 0 Å².